The van der Waals surface area contributed by atoms with Crippen molar-refractivity contribution in [2.75, 3.05) is 13.1 Å². The van der Waals surface area contributed by atoms with E-state index in [9.17, 15) is 26.4 Å². The first-order chi connectivity index (χ1) is 7.24. The first-order valence-corrected chi connectivity index (χ1v) is 5.98. The number of hydrogen-bond donors (Lipinski definition) is 1. The predicted octanol–water partition coefficient (Wildman–Crippen LogP) is -0.0334. The summed E-state index contributed by atoms with van der Waals surface area (Å²) in [5.41, 5.74) is -5.46. The minimum Gasteiger partial charge on any atom is -0.274 e. The Labute approximate surface area is 90.4 Å². The zero-order valence-corrected chi connectivity index (χ0v) is 8.94. The molecule has 0 aromatic carbocycles. The number of rotatable bonds is 2. The SMILES string of the molecule is O=C(NS(=O)(=O)C(F)(F)F)C1CCC[N]C1. The molecule has 5 nitrogen and oxygen atoms in total. The van der Waals surface area contributed by atoms with Gasteiger partial charge in [-0.1, -0.05) is 0 Å². The number of amides is 1. The van der Waals surface area contributed by atoms with E-state index in [1.54, 1.807) is 0 Å². The number of nitrogens with one attached hydrogen (secondary N) is 1. The average molecular weight is 259 g/mol. The Morgan fingerprint density at radius 1 is 1.38 bits per heavy atom. The highest BCUT2D eigenvalue weighted by Gasteiger charge is 2.47. The Morgan fingerprint density at radius 3 is 2.44 bits per heavy atom. The van der Waals surface area contributed by atoms with Crippen LogP contribution in [0.25, 0.3) is 0 Å². The van der Waals surface area contributed by atoms with Gasteiger partial charge in [0.2, 0.25) is 5.91 Å². The molecule has 1 unspecified atom stereocenters. The maximum Gasteiger partial charge on any atom is 0.516 e. The van der Waals surface area contributed by atoms with Gasteiger partial charge in [0.25, 0.3) is 0 Å². The van der Waals surface area contributed by atoms with E-state index in [-0.39, 0.29) is 6.54 Å². The molecule has 1 saturated heterocycles. The van der Waals surface area contributed by atoms with Gasteiger partial charge in [-0.3, -0.25) is 4.79 Å². The van der Waals surface area contributed by atoms with E-state index in [4.69, 9.17) is 0 Å². The molecule has 16 heavy (non-hydrogen) atoms. The summed E-state index contributed by atoms with van der Waals surface area (Å²) in [6.07, 6.45) is 0.923. The Kier molecular flexibility index (Phi) is 3.79. The van der Waals surface area contributed by atoms with E-state index >= 15 is 0 Å². The quantitative estimate of drug-likeness (QED) is 0.756. The van der Waals surface area contributed by atoms with Gasteiger partial charge >= 0.3 is 15.5 Å². The van der Waals surface area contributed by atoms with E-state index in [1.807, 2.05) is 0 Å². The highest BCUT2D eigenvalue weighted by Crippen LogP contribution is 2.22. The number of hydrogen-bond acceptors (Lipinski definition) is 3. The largest absolute Gasteiger partial charge is 0.516 e. The summed E-state index contributed by atoms with van der Waals surface area (Å²) >= 11 is 0. The topological polar surface area (TPSA) is 77.3 Å². The van der Waals surface area contributed by atoms with Crippen LogP contribution >= 0.6 is 0 Å². The van der Waals surface area contributed by atoms with Gasteiger partial charge in [-0.25, -0.2) is 10.0 Å². The number of nitrogens with zero attached hydrogens (tertiary/aromatic N) is 1. The molecular formula is C7H10F3N2O3S. The summed E-state index contributed by atoms with van der Waals surface area (Å²) in [6, 6.07) is 0. The van der Waals surface area contributed by atoms with Crippen LogP contribution in [0.5, 0.6) is 0 Å². The Balaban J connectivity index is 2.64. The fourth-order valence-corrected chi connectivity index (χ4v) is 1.82. The summed E-state index contributed by atoms with van der Waals surface area (Å²) in [4.78, 5) is 11.2. The molecule has 1 heterocycles. The molecule has 0 saturated carbocycles. The van der Waals surface area contributed by atoms with Crippen LogP contribution in [0.1, 0.15) is 12.8 Å². The monoisotopic (exact) mass is 259 g/mol. The van der Waals surface area contributed by atoms with Gasteiger partial charge < -0.3 is 0 Å². The smallest absolute Gasteiger partial charge is 0.274 e. The van der Waals surface area contributed by atoms with Crippen LogP contribution < -0.4 is 10.0 Å². The molecule has 0 aromatic heterocycles. The van der Waals surface area contributed by atoms with Crippen molar-refractivity contribution in [3.05, 3.63) is 0 Å². The number of halogens is 3. The number of carbonyl (C=O) groups excluding carboxylic acids is 1. The van der Waals surface area contributed by atoms with E-state index in [0.717, 1.165) is 4.72 Å². The first kappa shape index (κ1) is 13.2. The summed E-state index contributed by atoms with van der Waals surface area (Å²) < 4.78 is 58.1. The number of carbonyl (C=O) groups is 1. The van der Waals surface area contributed by atoms with Crippen molar-refractivity contribution in [3.63, 3.8) is 0 Å². The average Bonchev–Trinajstić information content (AvgIpc) is 2.16. The van der Waals surface area contributed by atoms with Gasteiger partial charge in [0, 0.05) is 13.1 Å². The highest BCUT2D eigenvalue weighted by molar-refractivity contribution is 7.90. The van der Waals surface area contributed by atoms with Crippen LogP contribution in [0.4, 0.5) is 13.2 Å². The molecule has 1 radical (unpaired) electrons. The number of piperidine rings is 1. The van der Waals surface area contributed by atoms with Crippen molar-refractivity contribution in [2.24, 2.45) is 5.92 Å². The van der Waals surface area contributed by atoms with Crippen molar-refractivity contribution in [1.29, 1.82) is 0 Å². The maximum atomic E-state index is 11.9. The summed E-state index contributed by atoms with van der Waals surface area (Å²) in [5.74, 6) is -1.92. The van der Waals surface area contributed by atoms with Crippen molar-refractivity contribution in [2.45, 2.75) is 18.3 Å². The molecule has 1 atom stereocenters. The molecule has 0 spiro atoms. The van der Waals surface area contributed by atoms with Crippen molar-refractivity contribution in [1.82, 2.24) is 10.0 Å². The Morgan fingerprint density at radius 2 is 2.00 bits per heavy atom. The Bertz CT molecular complexity index is 360. The normalized spacial score (nSPS) is 22.8. The van der Waals surface area contributed by atoms with Crippen LogP contribution in [0, 0.1) is 5.92 Å². The lowest BCUT2D eigenvalue weighted by molar-refractivity contribution is -0.124. The lowest BCUT2D eigenvalue weighted by Gasteiger charge is -2.20. The fraction of sp³-hybridized carbons (Fsp3) is 0.857. The standard InChI is InChI=1S/C7H10F3N2O3S/c8-7(9,10)16(14,15)12-6(13)5-2-1-3-11-4-5/h5H,1-4H2,(H,12,13). The highest BCUT2D eigenvalue weighted by atomic mass is 32.2. The minimum absolute atomic E-state index is 0.0687. The predicted molar refractivity (Wildman–Crippen MR) is 47.7 cm³/mol. The Hall–Kier alpha value is -0.830. The molecule has 1 amide bonds. The van der Waals surface area contributed by atoms with E-state index in [1.165, 1.54) is 0 Å². The van der Waals surface area contributed by atoms with Crippen LogP contribution in [0.15, 0.2) is 0 Å². The number of sulfonamides is 1. The molecule has 0 bridgehead atoms. The molecule has 0 aromatic rings. The second kappa shape index (κ2) is 4.58. The third-order valence-corrected chi connectivity index (χ3v) is 3.21. The second-order valence-corrected chi connectivity index (χ2v) is 5.06. The molecule has 1 N–H and O–H groups in total. The summed E-state index contributed by atoms with van der Waals surface area (Å²) in [7, 11) is -5.59. The molecule has 1 aliphatic rings. The summed E-state index contributed by atoms with van der Waals surface area (Å²) in [6.45, 7) is 0.620. The molecule has 1 fully saturated rings. The van der Waals surface area contributed by atoms with Gasteiger partial charge in [-0.2, -0.15) is 21.6 Å². The van der Waals surface area contributed by atoms with Gasteiger partial charge in [-0.15, -0.1) is 0 Å². The molecule has 9 heteroatoms. The van der Waals surface area contributed by atoms with E-state index in [2.05, 4.69) is 5.32 Å². The zero-order valence-electron chi connectivity index (χ0n) is 8.12. The molecular weight excluding hydrogens is 249 g/mol. The lowest BCUT2D eigenvalue weighted by Crippen LogP contribution is -2.45. The minimum atomic E-state index is -5.59. The van der Waals surface area contributed by atoms with Crippen LogP contribution in [0.2, 0.25) is 0 Å². The van der Waals surface area contributed by atoms with Crippen LogP contribution in [-0.4, -0.2) is 32.9 Å². The third-order valence-electron chi connectivity index (χ3n) is 2.13. The van der Waals surface area contributed by atoms with E-state index in [0.29, 0.717) is 19.4 Å². The molecule has 1 aliphatic heterocycles. The van der Waals surface area contributed by atoms with Crippen LogP contribution in [-0.2, 0) is 14.8 Å². The van der Waals surface area contributed by atoms with E-state index < -0.39 is 27.4 Å². The zero-order chi connectivity index (χ0) is 12.4. The molecule has 93 valence electrons. The van der Waals surface area contributed by atoms with Gasteiger partial charge in [0.1, 0.15) is 0 Å². The molecule has 0 aliphatic carbocycles. The third kappa shape index (κ3) is 3.08. The first-order valence-electron chi connectivity index (χ1n) is 4.50. The van der Waals surface area contributed by atoms with Gasteiger partial charge in [-0.05, 0) is 12.8 Å². The van der Waals surface area contributed by atoms with Crippen molar-refractivity contribution < 1.29 is 26.4 Å². The maximum absolute atomic E-state index is 11.9. The lowest BCUT2D eigenvalue weighted by atomic mass is 9.99. The summed E-state index contributed by atoms with van der Waals surface area (Å²) in [5, 5.41) is 3.83. The second-order valence-electron chi connectivity index (χ2n) is 3.38. The molecule has 1 rings (SSSR count). The fourth-order valence-electron chi connectivity index (χ4n) is 1.28. The van der Waals surface area contributed by atoms with Crippen molar-refractivity contribution in [3.8, 4) is 0 Å². The van der Waals surface area contributed by atoms with Crippen molar-refractivity contribution >= 4 is 15.9 Å². The number of alkyl halides is 3. The van der Waals surface area contributed by atoms with Gasteiger partial charge in [0.05, 0.1) is 5.92 Å². The van der Waals surface area contributed by atoms with Gasteiger partial charge in [0.15, 0.2) is 0 Å². The van der Waals surface area contributed by atoms with Crippen LogP contribution in [0.3, 0.4) is 0 Å².